The average Bonchev–Trinajstić information content (AvgIpc) is 2.84. The van der Waals surface area contributed by atoms with E-state index in [-0.39, 0.29) is 0 Å². The minimum Gasteiger partial charge on any atom is -0.497 e. The van der Waals surface area contributed by atoms with Crippen molar-refractivity contribution in [2.75, 3.05) is 13.7 Å². The molecule has 2 rings (SSSR count). The Hall–Kier alpha value is -2.08. The molecule has 0 amide bonds. The lowest BCUT2D eigenvalue weighted by Crippen LogP contribution is -2.10. The first kappa shape index (κ1) is 14.3. The van der Waals surface area contributed by atoms with Crippen LogP contribution >= 0.6 is 12.2 Å². The van der Waals surface area contributed by atoms with E-state index in [4.69, 9.17) is 27.4 Å². The topological polar surface area (TPSA) is 62.3 Å². The van der Waals surface area contributed by atoms with Gasteiger partial charge in [-0.05, 0) is 18.2 Å². The van der Waals surface area contributed by atoms with Crippen molar-refractivity contribution in [3.05, 3.63) is 41.7 Å². The van der Waals surface area contributed by atoms with Gasteiger partial charge in [0.05, 0.1) is 13.7 Å². The molecular formula is C14H17N3O2S. The van der Waals surface area contributed by atoms with E-state index >= 15 is 0 Å². The third-order valence-electron chi connectivity index (χ3n) is 2.95. The van der Waals surface area contributed by atoms with Crippen LogP contribution in [0.5, 0.6) is 11.5 Å². The average molecular weight is 291 g/mol. The monoisotopic (exact) mass is 291 g/mol. The van der Waals surface area contributed by atoms with Gasteiger partial charge in [-0.2, -0.15) is 5.10 Å². The first-order valence-corrected chi connectivity index (χ1v) is 6.59. The van der Waals surface area contributed by atoms with Crippen LogP contribution < -0.4 is 15.2 Å². The maximum Gasteiger partial charge on any atom is 0.123 e. The van der Waals surface area contributed by atoms with Crippen molar-refractivity contribution in [1.82, 2.24) is 9.78 Å². The Morgan fingerprint density at radius 1 is 1.35 bits per heavy atom. The van der Waals surface area contributed by atoms with Crippen molar-refractivity contribution in [3.63, 3.8) is 0 Å². The highest BCUT2D eigenvalue weighted by atomic mass is 32.1. The van der Waals surface area contributed by atoms with Gasteiger partial charge < -0.3 is 15.2 Å². The molecule has 1 heterocycles. The Morgan fingerprint density at radius 2 is 2.10 bits per heavy atom. The second-order valence-corrected chi connectivity index (χ2v) is 4.75. The summed E-state index contributed by atoms with van der Waals surface area (Å²) in [4.78, 5) is 0.320. The van der Waals surface area contributed by atoms with E-state index in [0.29, 0.717) is 23.1 Å². The van der Waals surface area contributed by atoms with Crippen molar-refractivity contribution in [3.8, 4) is 11.5 Å². The smallest absolute Gasteiger partial charge is 0.123 e. The van der Waals surface area contributed by atoms with Gasteiger partial charge in [0, 0.05) is 37.0 Å². The number of benzene rings is 1. The van der Waals surface area contributed by atoms with Crippen LogP contribution in [0.15, 0.2) is 30.5 Å². The summed E-state index contributed by atoms with van der Waals surface area (Å²) in [5, 5.41) is 4.11. The summed E-state index contributed by atoms with van der Waals surface area (Å²) in [5.41, 5.74) is 7.49. The van der Waals surface area contributed by atoms with Crippen LogP contribution in [0.4, 0.5) is 0 Å². The molecule has 6 heteroatoms. The minimum atomic E-state index is 0.320. The maximum atomic E-state index is 5.73. The van der Waals surface area contributed by atoms with Gasteiger partial charge in [-0.15, -0.1) is 0 Å². The third-order valence-corrected chi connectivity index (χ3v) is 3.19. The summed E-state index contributed by atoms with van der Waals surface area (Å²) < 4.78 is 12.8. The number of rotatable bonds is 6. The molecular weight excluding hydrogens is 274 g/mol. The molecule has 0 unspecified atom stereocenters. The van der Waals surface area contributed by atoms with Crippen LogP contribution in [0.1, 0.15) is 11.3 Å². The van der Waals surface area contributed by atoms with Crippen LogP contribution in [-0.4, -0.2) is 28.5 Å². The van der Waals surface area contributed by atoms with Crippen LogP contribution in [-0.2, 0) is 13.5 Å². The molecule has 0 fully saturated rings. The zero-order valence-corrected chi connectivity index (χ0v) is 12.3. The fraction of sp³-hybridized carbons (Fsp3) is 0.286. The fourth-order valence-corrected chi connectivity index (χ4v) is 1.95. The van der Waals surface area contributed by atoms with Crippen molar-refractivity contribution >= 4 is 17.2 Å². The molecule has 1 aromatic heterocycles. The number of ether oxygens (including phenoxy) is 2. The van der Waals surface area contributed by atoms with Crippen molar-refractivity contribution in [2.24, 2.45) is 12.8 Å². The van der Waals surface area contributed by atoms with Crippen molar-refractivity contribution in [1.29, 1.82) is 0 Å². The Bertz CT molecular complexity index is 610. The highest BCUT2D eigenvalue weighted by Crippen LogP contribution is 2.23. The van der Waals surface area contributed by atoms with Crippen LogP contribution in [0.3, 0.4) is 0 Å². The second-order valence-electron chi connectivity index (χ2n) is 4.31. The fourth-order valence-electron chi connectivity index (χ4n) is 1.84. The highest BCUT2D eigenvalue weighted by Gasteiger charge is 2.05. The predicted octanol–water partition coefficient (Wildman–Crippen LogP) is 1.68. The molecule has 2 N–H and O–H groups in total. The molecule has 0 atom stereocenters. The number of methoxy groups -OCH3 is 1. The first-order chi connectivity index (χ1) is 9.60. The van der Waals surface area contributed by atoms with Gasteiger partial charge in [0.2, 0.25) is 0 Å². The predicted molar refractivity (Wildman–Crippen MR) is 81.3 cm³/mol. The summed E-state index contributed by atoms with van der Waals surface area (Å²) in [6.07, 6.45) is 2.54. The molecule has 0 saturated carbocycles. The van der Waals surface area contributed by atoms with Gasteiger partial charge in [-0.1, -0.05) is 12.2 Å². The number of nitrogens with two attached hydrogens (primary N) is 1. The number of hydrogen-bond acceptors (Lipinski definition) is 4. The number of hydrogen-bond donors (Lipinski definition) is 1. The van der Waals surface area contributed by atoms with Crippen LogP contribution in [0.25, 0.3) is 0 Å². The van der Waals surface area contributed by atoms with E-state index in [9.17, 15) is 0 Å². The van der Waals surface area contributed by atoms with E-state index in [1.54, 1.807) is 19.4 Å². The quantitative estimate of drug-likeness (QED) is 0.821. The summed E-state index contributed by atoms with van der Waals surface area (Å²) in [7, 11) is 3.50. The van der Waals surface area contributed by atoms with Gasteiger partial charge in [-0.25, -0.2) is 0 Å². The Kier molecular flexibility index (Phi) is 4.57. The summed E-state index contributed by atoms with van der Waals surface area (Å²) in [6, 6.07) is 7.38. The molecule has 5 nitrogen and oxygen atoms in total. The third kappa shape index (κ3) is 3.48. The van der Waals surface area contributed by atoms with Crippen molar-refractivity contribution in [2.45, 2.75) is 6.42 Å². The standard InChI is InChI=1S/C14H17N3O2S/c1-17-11(3-5-16-17)4-6-19-13-8-10(14(15)20)7-12(9-13)18-2/h3,5,7-9H,4,6H2,1-2H3,(H2,15,20). The molecule has 0 aliphatic carbocycles. The molecule has 2 aromatic rings. The number of thiocarbonyl (C=S) groups is 1. The number of aromatic nitrogens is 2. The minimum absolute atomic E-state index is 0.320. The van der Waals surface area contributed by atoms with Gasteiger partial charge >= 0.3 is 0 Å². The number of nitrogens with zero attached hydrogens (tertiary/aromatic N) is 2. The largest absolute Gasteiger partial charge is 0.497 e. The Balaban J connectivity index is 2.03. The van der Waals surface area contributed by atoms with Gasteiger partial charge in [0.25, 0.3) is 0 Å². The second kappa shape index (κ2) is 6.38. The SMILES string of the molecule is COc1cc(OCCc2ccnn2C)cc(C(N)=S)c1. The molecule has 0 spiro atoms. The van der Waals surface area contributed by atoms with Crippen LogP contribution in [0.2, 0.25) is 0 Å². The lowest BCUT2D eigenvalue weighted by Gasteiger charge is -2.10. The summed E-state index contributed by atoms with van der Waals surface area (Å²) in [5.74, 6) is 1.36. The molecule has 1 aromatic carbocycles. The van der Waals surface area contributed by atoms with E-state index < -0.39 is 0 Å². The maximum absolute atomic E-state index is 5.73. The Labute approximate surface area is 123 Å². The lowest BCUT2D eigenvalue weighted by atomic mass is 10.2. The van der Waals surface area contributed by atoms with Gasteiger partial charge in [0.1, 0.15) is 16.5 Å². The van der Waals surface area contributed by atoms with E-state index in [1.165, 1.54) is 0 Å². The van der Waals surface area contributed by atoms with Gasteiger partial charge in [0.15, 0.2) is 0 Å². The van der Waals surface area contributed by atoms with Gasteiger partial charge in [-0.3, -0.25) is 4.68 Å². The molecule has 0 aliphatic heterocycles. The number of aryl methyl sites for hydroxylation is 1. The zero-order valence-electron chi connectivity index (χ0n) is 11.5. The van der Waals surface area contributed by atoms with Crippen LogP contribution in [0, 0.1) is 0 Å². The summed E-state index contributed by atoms with van der Waals surface area (Å²) >= 11 is 4.98. The Morgan fingerprint density at radius 3 is 2.70 bits per heavy atom. The van der Waals surface area contributed by atoms with E-state index in [2.05, 4.69) is 5.10 Å². The van der Waals surface area contributed by atoms with Crippen molar-refractivity contribution < 1.29 is 9.47 Å². The molecule has 0 radical (unpaired) electrons. The molecule has 20 heavy (non-hydrogen) atoms. The first-order valence-electron chi connectivity index (χ1n) is 6.18. The summed E-state index contributed by atoms with van der Waals surface area (Å²) in [6.45, 7) is 0.545. The lowest BCUT2D eigenvalue weighted by molar-refractivity contribution is 0.315. The zero-order chi connectivity index (χ0) is 14.5. The van der Waals surface area contributed by atoms with E-state index in [0.717, 1.165) is 17.7 Å². The molecule has 0 saturated heterocycles. The molecule has 0 bridgehead atoms. The molecule has 106 valence electrons. The highest BCUT2D eigenvalue weighted by molar-refractivity contribution is 7.80. The van der Waals surface area contributed by atoms with E-state index in [1.807, 2.05) is 29.9 Å². The normalized spacial score (nSPS) is 10.3. The molecule has 0 aliphatic rings.